The number of rotatable bonds is 5. The molecule has 0 bridgehead atoms. The van der Waals surface area contributed by atoms with E-state index < -0.39 is 0 Å². The van der Waals surface area contributed by atoms with Crippen molar-refractivity contribution in [1.29, 1.82) is 5.26 Å². The van der Waals surface area contributed by atoms with Crippen molar-refractivity contribution in [2.24, 2.45) is 0 Å². The van der Waals surface area contributed by atoms with Gasteiger partial charge in [-0.1, -0.05) is 54.3 Å². The molecule has 0 fully saturated rings. The van der Waals surface area contributed by atoms with Crippen LogP contribution in [0, 0.1) is 16.0 Å². The lowest BCUT2D eigenvalue weighted by atomic mass is 10.1. The van der Waals surface area contributed by atoms with E-state index in [9.17, 15) is 10.1 Å². The molecule has 1 aromatic heterocycles. The summed E-state index contributed by atoms with van der Waals surface area (Å²) < 4.78 is 5.09. The Morgan fingerprint density at radius 2 is 2.18 bits per heavy atom. The number of esters is 1. The summed E-state index contributed by atoms with van der Waals surface area (Å²) >= 11 is 6.37. The molecule has 2 rings (SSSR count). The molecular formula is C15H13N3O2S2. The summed E-state index contributed by atoms with van der Waals surface area (Å²) in [4.78, 5) is 18.6. The molecule has 0 saturated heterocycles. The number of ether oxygens (including phenoxy) is 1. The van der Waals surface area contributed by atoms with Crippen LogP contribution in [0.1, 0.15) is 12.5 Å². The molecule has 5 nitrogen and oxygen atoms in total. The summed E-state index contributed by atoms with van der Waals surface area (Å²) in [7, 11) is 0. The molecule has 7 heteroatoms. The van der Waals surface area contributed by atoms with Gasteiger partial charge in [-0.25, -0.2) is 4.98 Å². The molecule has 2 aromatic rings. The Morgan fingerprint density at radius 1 is 1.45 bits per heavy atom. The maximum atomic E-state index is 11.4. The fourth-order valence-corrected chi connectivity index (χ4v) is 2.74. The van der Waals surface area contributed by atoms with E-state index in [0.29, 0.717) is 23.0 Å². The van der Waals surface area contributed by atoms with Crippen LogP contribution >= 0.6 is 24.0 Å². The summed E-state index contributed by atoms with van der Waals surface area (Å²) in [6, 6.07) is 11.5. The van der Waals surface area contributed by atoms with Gasteiger partial charge in [0, 0.05) is 0 Å². The van der Waals surface area contributed by atoms with E-state index in [-0.39, 0.29) is 16.4 Å². The zero-order valence-electron chi connectivity index (χ0n) is 11.8. The predicted octanol–water partition coefficient (Wildman–Crippen LogP) is 3.33. The molecule has 1 aromatic carbocycles. The minimum Gasteiger partial charge on any atom is -0.465 e. The lowest BCUT2D eigenvalue weighted by molar-refractivity contribution is -0.139. The zero-order valence-corrected chi connectivity index (χ0v) is 13.5. The number of carbonyl (C=O) groups excluding carboxylic acids is 1. The first-order valence-electron chi connectivity index (χ1n) is 6.54. The maximum Gasteiger partial charge on any atom is 0.316 e. The number of H-pyrrole nitrogens is 1. The van der Waals surface area contributed by atoms with E-state index in [4.69, 9.17) is 17.0 Å². The highest BCUT2D eigenvalue weighted by molar-refractivity contribution is 7.99. The Balaban J connectivity index is 2.35. The Labute approximate surface area is 137 Å². The fraction of sp³-hybridized carbons (Fsp3) is 0.200. The number of carbonyl (C=O) groups is 1. The fourth-order valence-electron chi connectivity index (χ4n) is 1.78. The predicted molar refractivity (Wildman–Crippen MR) is 86.9 cm³/mol. The lowest BCUT2D eigenvalue weighted by Gasteiger charge is -2.08. The molecule has 1 heterocycles. The average molecular weight is 331 g/mol. The van der Waals surface area contributed by atoms with Crippen LogP contribution in [0.5, 0.6) is 0 Å². The number of hydrogen-bond donors (Lipinski definition) is 1. The summed E-state index contributed by atoms with van der Waals surface area (Å²) in [5.74, 6) is -0.189. The maximum absolute atomic E-state index is 11.4. The van der Waals surface area contributed by atoms with Gasteiger partial charge in [-0.3, -0.25) is 4.79 Å². The first kappa shape index (κ1) is 16.2. The second-order valence-electron chi connectivity index (χ2n) is 4.17. The highest BCUT2D eigenvalue weighted by Gasteiger charge is 2.12. The van der Waals surface area contributed by atoms with Gasteiger partial charge in [0.25, 0.3) is 0 Å². The first-order chi connectivity index (χ1) is 10.7. The van der Waals surface area contributed by atoms with Crippen molar-refractivity contribution in [2.45, 2.75) is 12.1 Å². The summed E-state index contributed by atoms with van der Waals surface area (Å²) in [5, 5.41) is 9.76. The van der Waals surface area contributed by atoms with Gasteiger partial charge >= 0.3 is 5.97 Å². The minimum atomic E-state index is -0.320. The van der Waals surface area contributed by atoms with E-state index in [1.165, 1.54) is 11.8 Å². The van der Waals surface area contributed by atoms with Crippen molar-refractivity contribution in [2.75, 3.05) is 12.4 Å². The highest BCUT2D eigenvalue weighted by atomic mass is 32.2. The molecule has 0 amide bonds. The molecule has 0 unspecified atom stereocenters. The van der Waals surface area contributed by atoms with Crippen LogP contribution < -0.4 is 0 Å². The van der Waals surface area contributed by atoms with Crippen LogP contribution in [0.25, 0.3) is 11.3 Å². The molecule has 1 N–H and O–H groups in total. The number of thioether (sulfide) groups is 1. The van der Waals surface area contributed by atoms with Gasteiger partial charge in [-0.2, -0.15) is 5.26 Å². The van der Waals surface area contributed by atoms with Gasteiger partial charge < -0.3 is 9.72 Å². The summed E-state index contributed by atoms with van der Waals surface area (Å²) in [5.41, 5.74) is 1.77. The number of aromatic amines is 1. The second-order valence-corrected chi connectivity index (χ2v) is 5.52. The Morgan fingerprint density at radius 3 is 2.82 bits per heavy atom. The average Bonchev–Trinajstić information content (AvgIpc) is 2.53. The summed E-state index contributed by atoms with van der Waals surface area (Å²) in [6.07, 6.45) is 0. The molecular weight excluding hydrogens is 318 g/mol. The number of nitrogens with one attached hydrogen (secondary N) is 1. The van der Waals surface area contributed by atoms with E-state index >= 15 is 0 Å². The van der Waals surface area contributed by atoms with Crippen LogP contribution in [-0.2, 0) is 9.53 Å². The molecule has 0 aliphatic carbocycles. The van der Waals surface area contributed by atoms with Gasteiger partial charge in [-0.15, -0.1) is 0 Å². The Kier molecular flexibility index (Phi) is 5.69. The van der Waals surface area contributed by atoms with Gasteiger partial charge in [0.1, 0.15) is 16.3 Å². The van der Waals surface area contributed by atoms with Crippen molar-refractivity contribution in [3.63, 3.8) is 0 Å². The van der Waals surface area contributed by atoms with Crippen molar-refractivity contribution in [1.82, 2.24) is 9.97 Å². The minimum absolute atomic E-state index is 0.131. The van der Waals surface area contributed by atoms with E-state index in [1.54, 1.807) is 6.92 Å². The molecule has 0 saturated carbocycles. The number of benzene rings is 1. The van der Waals surface area contributed by atoms with Crippen LogP contribution in [0.3, 0.4) is 0 Å². The van der Waals surface area contributed by atoms with E-state index in [2.05, 4.69) is 16.0 Å². The molecule has 0 atom stereocenters. The number of nitriles is 1. The van der Waals surface area contributed by atoms with Crippen molar-refractivity contribution < 1.29 is 9.53 Å². The van der Waals surface area contributed by atoms with Gasteiger partial charge in [0.2, 0.25) is 0 Å². The van der Waals surface area contributed by atoms with Crippen molar-refractivity contribution >= 4 is 29.9 Å². The lowest BCUT2D eigenvalue weighted by Crippen LogP contribution is -2.07. The van der Waals surface area contributed by atoms with Crippen molar-refractivity contribution in [3.8, 4) is 17.3 Å². The van der Waals surface area contributed by atoms with Crippen molar-refractivity contribution in [3.05, 3.63) is 40.5 Å². The Hall–Kier alpha value is -2.17. The van der Waals surface area contributed by atoms with Crippen LogP contribution in [-0.4, -0.2) is 28.3 Å². The van der Waals surface area contributed by atoms with Gasteiger partial charge in [-0.05, 0) is 12.5 Å². The first-order valence-corrected chi connectivity index (χ1v) is 7.93. The smallest absolute Gasteiger partial charge is 0.316 e. The third kappa shape index (κ3) is 3.93. The van der Waals surface area contributed by atoms with E-state index in [1.807, 2.05) is 30.3 Å². The molecule has 0 radical (unpaired) electrons. The zero-order chi connectivity index (χ0) is 15.9. The normalized spacial score (nSPS) is 10.0. The Bertz CT molecular complexity index is 767. The van der Waals surface area contributed by atoms with Crippen LogP contribution in [0.15, 0.2) is 35.5 Å². The molecule has 22 heavy (non-hydrogen) atoms. The van der Waals surface area contributed by atoms with Gasteiger partial charge in [0.15, 0.2) is 5.16 Å². The number of nitrogens with zero attached hydrogens (tertiary/aromatic N) is 2. The van der Waals surface area contributed by atoms with Gasteiger partial charge in [0.05, 0.1) is 18.1 Å². The quantitative estimate of drug-likeness (QED) is 0.392. The monoisotopic (exact) mass is 331 g/mol. The third-order valence-electron chi connectivity index (χ3n) is 2.71. The van der Waals surface area contributed by atoms with Crippen LogP contribution in [0.2, 0.25) is 0 Å². The third-order valence-corrected chi connectivity index (χ3v) is 3.85. The number of aromatic nitrogens is 2. The second kappa shape index (κ2) is 7.73. The molecule has 0 aliphatic heterocycles. The largest absolute Gasteiger partial charge is 0.465 e. The molecule has 0 aliphatic rings. The van der Waals surface area contributed by atoms with Crippen LogP contribution in [0.4, 0.5) is 0 Å². The standard InChI is InChI=1S/C15H13N3O2S2/c1-2-20-12(19)9-22-15-17-13(10-6-4-3-5-7-10)11(8-16)14(21)18-15/h3-7H,2,9H2,1H3,(H,17,18,21). The topological polar surface area (TPSA) is 78.8 Å². The highest BCUT2D eigenvalue weighted by Crippen LogP contribution is 2.24. The number of hydrogen-bond acceptors (Lipinski definition) is 6. The molecule has 112 valence electrons. The molecule has 0 spiro atoms. The SMILES string of the molecule is CCOC(=O)CSc1nc(=S)c(C#N)c(-c2ccccc2)[nH]1. The van der Waals surface area contributed by atoms with E-state index in [0.717, 1.165) is 5.56 Å². The summed E-state index contributed by atoms with van der Waals surface area (Å²) in [6.45, 7) is 2.09.